The van der Waals surface area contributed by atoms with Crippen LogP contribution in [0, 0.1) is 6.92 Å². The first-order chi connectivity index (χ1) is 12.1. The van der Waals surface area contributed by atoms with E-state index in [0.717, 1.165) is 16.3 Å². The van der Waals surface area contributed by atoms with E-state index >= 15 is 0 Å². The van der Waals surface area contributed by atoms with Crippen molar-refractivity contribution in [3.05, 3.63) is 88.3 Å². The van der Waals surface area contributed by atoms with Crippen LogP contribution in [0.25, 0.3) is 16.4 Å². The lowest BCUT2D eigenvalue weighted by Crippen LogP contribution is -2.17. The fourth-order valence-corrected chi connectivity index (χ4v) is 2.85. The summed E-state index contributed by atoms with van der Waals surface area (Å²) in [5, 5.41) is 1.74. The van der Waals surface area contributed by atoms with Crippen LogP contribution in [0.4, 0.5) is 0 Å². The number of ether oxygens (including phenoxy) is 1. The second kappa shape index (κ2) is 5.87. The van der Waals surface area contributed by atoms with Crippen LogP contribution in [0.5, 0.6) is 5.88 Å². The molecule has 5 heteroatoms. The van der Waals surface area contributed by atoms with Gasteiger partial charge in [0.1, 0.15) is 5.65 Å². The van der Waals surface area contributed by atoms with Gasteiger partial charge in [-0.05, 0) is 35.4 Å². The largest absolute Gasteiger partial charge is 0.404 e. The summed E-state index contributed by atoms with van der Waals surface area (Å²) in [4.78, 5) is 29.1. The summed E-state index contributed by atoms with van der Waals surface area (Å²) in [6, 6.07) is 17.8. The van der Waals surface area contributed by atoms with E-state index in [4.69, 9.17) is 4.74 Å². The molecule has 2 aromatic carbocycles. The van der Waals surface area contributed by atoms with E-state index in [2.05, 4.69) is 4.98 Å². The zero-order valence-electron chi connectivity index (χ0n) is 13.5. The van der Waals surface area contributed by atoms with Crippen LogP contribution < -0.4 is 10.3 Å². The van der Waals surface area contributed by atoms with Crippen LogP contribution in [0.3, 0.4) is 0 Å². The van der Waals surface area contributed by atoms with Gasteiger partial charge in [-0.25, -0.2) is 4.79 Å². The van der Waals surface area contributed by atoms with Crippen LogP contribution >= 0.6 is 0 Å². The minimum Gasteiger partial charge on any atom is -0.404 e. The Morgan fingerprint density at radius 1 is 1.04 bits per heavy atom. The number of carbonyl (C=O) groups is 1. The molecule has 0 fully saturated rings. The van der Waals surface area contributed by atoms with Gasteiger partial charge in [0.2, 0.25) is 5.88 Å². The van der Waals surface area contributed by atoms with E-state index in [9.17, 15) is 9.59 Å². The Morgan fingerprint density at radius 3 is 2.72 bits per heavy atom. The number of nitrogens with zero attached hydrogens (tertiary/aromatic N) is 2. The van der Waals surface area contributed by atoms with Gasteiger partial charge in [0.15, 0.2) is 0 Å². The summed E-state index contributed by atoms with van der Waals surface area (Å²) in [6.07, 6.45) is 1.63. The molecule has 0 radical (unpaired) electrons. The quantitative estimate of drug-likeness (QED) is 0.529. The molecule has 0 amide bonds. The molecule has 0 unspecified atom stereocenters. The van der Waals surface area contributed by atoms with Crippen molar-refractivity contribution in [2.75, 3.05) is 0 Å². The Kier molecular flexibility index (Phi) is 3.54. The minimum atomic E-state index is -0.540. The van der Waals surface area contributed by atoms with Crippen molar-refractivity contribution in [1.29, 1.82) is 0 Å². The first kappa shape index (κ1) is 15.1. The number of aromatic nitrogens is 2. The smallest absolute Gasteiger partial charge is 0.345 e. The molecule has 5 nitrogen and oxygen atoms in total. The first-order valence-corrected chi connectivity index (χ1v) is 7.82. The van der Waals surface area contributed by atoms with Gasteiger partial charge < -0.3 is 4.74 Å². The minimum absolute atomic E-state index is 0.00256. The highest BCUT2D eigenvalue weighted by molar-refractivity contribution is 6.05. The predicted molar refractivity (Wildman–Crippen MR) is 95.1 cm³/mol. The number of hydrogen-bond donors (Lipinski definition) is 0. The van der Waals surface area contributed by atoms with Gasteiger partial charge in [0, 0.05) is 6.20 Å². The normalized spacial score (nSPS) is 10.9. The Morgan fingerprint density at radius 2 is 1.84 bits per heavy atom. The number of esters is 1. The summed E-state index contributed by atoms with van der Waals surface area (Å²) < 4.78 is 6.81. The van der Waals surface area contributed by atoms with Crippen molar-refractivity contribution < 1.29 is 9.53 Å². The Labute approximate surface area is 143 Å². The maximum atomic E-state index is 12.6. The molecule has 2 aromatic heterocycles. The van der Waals surface area contributed by atoms with Crippen LogP contribution in [0.15, 0.2) is 71.7 Å². The summed E-state index contributed by atoms with van der Waals surface area (Å²) >= 11 is 0. The molecule has 0 saturated heterocycles. The molecular weight excluding hydrogens is 316 g/mol. The molecule has 0 aliphatic carbocycles. The fourth-order valence-electron chi connectivity index (χ4n) is 2.85. The number of carbonyl (C=O) groups excluding carboxylic acids is 1. The van der Waals surface area contributed by atoms with Crippen molar-refractivity contribution in [2.45, 2.75) is 6.92 Å². The molecule has 0 aliphatic rings. The van der Waals surface area contributed by atoms with E-state index in [1.807, 2.05) is 43.3 Å². The van der Waals surface area contributed by atoms with Crippen molar-refractivity contribution in [3.8, 4) is 5.88 Å². The Hall–Kier alpha value is -3.47. The monoisotopic (exact) mass is 330 g/mol. The van der Waals surface area contributed by atoms with Crippen molar-refractivity contribution in [1.82, 2.24) is 9.38 Å². The zero-order valence-corrected chi connectivity index (χ0v) is 13.5. The van der Waals surface area contributed by atoms with Crippen molar-refractivity contribution >= 4 is 22.4 Å². The van der Waals surface area contributed by atoms with Gasteiger partial charge in [-0.1, -0.05) is 42.5 Å². The summed E-state index contributed by atoms with van der Waals surface area (Å²) in [5.74, 6) is -0.543. The summed E-state index contributed by atoms with van der Waals surface area (Å²) in [5.41, 5.74) is 1.43. The maximum Gasteiger partial charge on any atom is 0.345 e. The van der Waals surface area contributed by atoms with Crippen LogP contribution in [0.2, 0.25) is 0 Å². The standard InChI is InChI=1S/C20H14N2O3/c1-13-6-5-11-22-18(23)12-17(21-19(13)22)25-20(24)16-10-4-8-14-7-2-3-9-15(14)16/h2-12H,1H3. The lowest BCUT2D eigenvalue weighted by molar-refractivity contribution is 0.0729. The maximum absolute atomic E-state index is 12.6. The average molecular weight is 330 g/mol. The molecule has 0 aliphatic heterocycles. The predicted octanol–water partition coefficient (Wildman–Crippen LogP) is 3.38. The van der Waals surface area contributed by atoms with Crippen molar-refractivity contribution in [3.63, 3.8) is 0 Å². The highest BCUT2D eigenvalue weighted by Gasteiger charge is 2.14. The Bertz CT molecular complexity index is 1170. The third kappa shape index (κ3) is 2.65. The van der Waals surface area contributed by atoms with E-state index in [-0.39, 0.29) is 11.4 Å². The highest BCUT2D eigenvalue weighted by atomic mass is 16.5. The first-order valence-electron chi connectivity index (χ1n) is 7.82. The topological polar surface area (TPSA) is 60.7 Å². The number of fused-ring (bicyclic) bond motifs is 2. The molecule has 25 heavy (non-hydrogen) atoms. The lowest BCUT2D eigenvalue weighted by Gasteiger charge is -2.08. The average Bonchev–Trinajstić information content (AvgIpc) is 2.62. The van der Waals surface area contributed by atoms with Crippen LogP contribution in [0.1, 0.15) is 15.9 Å². The molecule has 4 aromatic rings. The van der Waals surface area contributed by atoms with E-state index < -0.39 is 5.97 Å². The molecule has 0 N–H and O–H groups in total. The highest BCUT2D eigenvalue weighted by Crippen LogP contribution is 2.20. The number of benzene rings is 2. The van der Waals surface area contributed by atoms with E-state index in [0.29, 0.717) is 11.2 Å². The Balaban J connectivity index is 1.77. The third-order valence-electron chi connectivity index (χ3n) is 4.07. The molecule has 2 heterocycles. The number of pyridine rings is 1. The summed E-state index contributed by atoms with van der Waals surface area (Å²) in [7, 11) is 0. The van der Waals surface area contributed by atoms with Gasteiger partial charge in [0.25, 0.3) is 5.56 Å². The van der Waals surface area contributed by atoms with Crippen molar-refractivity contribution in [2.24, 2.45) is 0 Å². The molecule has 0 bridgehead atoms. The van der Waals surface area contributed by atoms with E-state index in [1.165, 1.54) is 10.5 Å². The van der Waals surface area contributed by atoms with Gasteiger partial charge in [-0.2, -0.15) is 4.98 Å². The SMILES string of the molecule is Cc1cccn2c(=O)cc(OC(=O)c3cccc4ccccc34)nc12. The molecule has 0 saturated carbocycles. The van der Waals surface area contributed by atoms with E-state index in [1.54, 1.807) is 24.4 Å². The molecule has 0 atom stereocenters. The summed E-state index contributed by atoms with van der Waals surface area (Å²) in [6.45, 7) is 1.85. The number of aryl methyl sites for hydroxylation is 1. The third-order valence-corrected chi connectivity index (χ3v) is 4.07. The number of rotatable bonds is 2. The molecular formula is C20H14N2O3. The van der Waals surface area contributed by atoms with Gasteiger partial charge in [0.05, 0.1) is 11.6 Å². The van der Waals surface area contributed by atoms with Gasteiger partial charge in [-0.3, -0.25) is 9.20 Å². The molecule has 0 spiro atoms. The molecule has 4 rings (SSSR count). The lowest BCUT2D eigenvalue weighted by atomic mass is 10.1. The van der Waals surface area contributed by atoms with Gasteiger partial charge in [-0.15, -0.1) is 0 Å². The second-order valence-corrected chi connectivity index (χ2v) is 5.73. The second-order valence-electron chi connectivity index (χ2n) is 5.73. The van der Waals surface area contributed by atoms with Gasteiger partial charge >= 0.3 is 5.97 Å². The zero-order chi connectivity index (χ0) is 17.4. The van der Waals surface area contributed by atoms with Crippen LogP contribution in [-0.2, 0) is 0 Å². The fraction of sp³-hybridized carbons (Fsp3) is 0.0500. The van der Waals surface area contributed by atoms with Crippen LogP contribution in [-0.4, -0.2) is 15.4 Å². The number of hydrogen-bond acceptors (Lipinski definition) is 4. The molecule has 122 valence electrons.